The van der Waals surface area contributed by atoms with Gasteiger partial charge in [0.2, 0.25) is 11.8 Å². The van der Waals surface area contributed by atoms with Crippen molar-refractivity contribution < 1.29 is 33.7 Å². The van der Waals surface area contributed by atoms with Gasteiger partial charge in [0.1, 0.15) is 17.6 Å². The van der Waals surface area contributed by atoms with Gasteiger partial charge < -0.3 is 29.1 Å². The minimum Gasteiger partial charge on any atom is -0.465 e. The van der Waals surface area contributed by atoms with Crippen molar-refractivity contribution in [1.29, 1.82) is 0 Å². The number of carbonyl (C=O) groups excluding carboxylic acids is 3. The fraction of sp³-hybridized carbons (Fsp3) is 0.606. The molecular weight excluding hydrogens is 550 g/mol. The fourth-order valence-corrected chi connectivity index (χ4v) is 7.72. The van der Waals surface area contributed by atoms with E-state index < -0.39 is 47.7 Å². The Hall–Kier alpha value is -3.05. The van der Waals surface area contributed by atoms with Crippen molar-refractivity contribution in [1.82, 2.24) is 14.7 Å². The third-order valence-corrected chi connectivity index (χ3v) is 9.95. The molecule has 0 radical (unpaired) electrons. The van der Waals surface area contributed by atoms with E-state index in [9.17, 15) is 19.5 Å². The summed E-state index contributed by atoms with van der Waals surface area (Å²) in [5.74, 6) is -3.05. The first-order valence-electron chi connectivity index (χ1n) is 15.4. The second-order valence-electron chi connectivity index (χ2n) is 12.3. The smallest absolute Gasteiger partial charge is 0.312 e. The molecule has 1 aromatic carbocycles. The number of aliphatic hydroxyl groups is 1. The number of nitrogens with zero attached hydrogens (tertiary/aromatic N) is 3. The first-order chi connectivity index (χ1) is 20.7. The molecule has 1 N–H and O–H groups in total. The van der Waals surface area contributed by atoms with Gasteiger partial charge in [-0.25, -0.2) is 0 Å². The molecule has 0 saturated carbocycles. The number of aliphatic hydroxyl groups excluding tert-OH is 1. The van der Waals surface area contributed by atoms with E-state index >= 15 is 0 Å². The normalized spacial score (nSPS) is 32.3. The molecule has 43 heavy (non-hydrogen) atoms. The summed E-state index contributed by atoms with van der Waals surface area (Å²) >= 11 is 0. The summed E-state index contributed by atoms with van der Waals surface area (Å²) in [4.78, 5) is 48.6. The van der Waals surface area contributed by atoms with E-state index in [0.717, 1.165) is 13.1 Å². The van der Waals surface area contributed by atoms with Crippen LogP contribution in [0.25, 0.3) is 0 Å². The van der Waals surface area contributed by atoms with Crippen molar-refractivity contribution in [3.8, 4) is 0 Å². The molecule has 4 aliphatic rings. The summed E-state index contributed by atoms with van der Waals surface area (Å²) in [6.45, 7) is 15.5. The zero-order chi connectivity index (χ0) is 30.8. The van der Waals surface area contributed by atoms with Crippen molar-refractivity contribution in [2.45, 2.75) is 50.0 Å². The van der Waals surface area contributed by atoms with Gasteiger partial charge in [0.05, 0.1) is 44.0 Å². The molecule has 0 aromatic heterocycles. The molecule has 0 aliphatic carbocycles. The highest BCUT2D eigenvalue weighted by atomic mass is 16.6. The SMILES string of the molecule is C=CCCOC(=O)[C@H]1[C@H]2C(=O)N([C@H](CO)c3ccccc3)C(C(=O)N(CC=C)CCN3CCOCC3)C23CC(C)[C@]1(C)O3. The minimum atomic E-state index is -1.24. The van der Waals surface area contributed by atoms with Crippen LogP contribution in [0, 0.1) is 17.8 Å². The first kappa shape index (κ1) is 31.4. The predicted octanol–water partition coefficient (Wildman–Crippen LogP) is 2.20. The minimum absolute atomic E-state index is 0.116. The first-order valence-corrected chi connectivity index (χ1v) is 15.4. The number of carbonyl (C=O) groups is 3. The maximum atomic E-state index is 14.8. The second-order valence-corrected chi connectivity index (χ2v) is 12.3. The molecule has 4 fully saturated rings. The average molecular weight is 596 g/mol. The van der Waals surface area contributed by atoms with Crippen LogP contribution in [0.5, 0.6) is 0 Å². The Labute approximate surface area is 254 Å². The quantitative estimate of drug-likeness (QED) is 0.210. The molecule has 2 amide bonds. The van der Waals surface area contributed by atoms with Crippen LogP contribution in [-0.4, -0.2) is 114 Å². The number of likely N-dealkylation sites (tertiary alicyclic amines) is 1. The van der Waals surface area contributed by atoms with E-state index in [1.165, 1.54) is 4.90 Å². The maximum absolute atomic E-state index is 14.8. The Morgan fingerprint density at radius 2 is 1.93 bits per heavy atom. The Bertz CT molecular complexity index is 1200. The van der Waals surface area contributed by atoms with E-state index in [4.69, 9.17) is 14.2 Å². The van der Waals surface area contributed by atoms with Gasteiger partial charge >= 0.3 is 5.97 Å². The van der Waals surface area contributed by atoms with E-state index in [2.05, 4.69) is 18.1 Å². The molecule has 2 bridgehead atoms. The Morgan fingerprint density at radius 1 is 1.21 bits per heavy atom. The lowest BCUT2D eigenvalue weighted by Crippen LogP contribution is -2.58. The number of benzene rings is 1. The molecule has 4 heterocycles. The third kappa shape index (κ3) is 5.43. The molecule has 4 aliphatic heterocycles. The van der Waals surface area contributed by atoms with Gasteiger partial charge in [-0.05, 0) is 31.2 Å². The van der Waals surface area contributed by atoms with E-state index in [-0.39, 0.29) is 30.9 Å². The lowest BCUT2D eigenvalue weighted by molar-refractivity contribution is -0.163. The highest BCUT2D eigenvalue weighted by Crippen LogP contribution is 2.66. The van der Waals surface area contributed by atoms with Gasteiger partial charge in [0.15, 0.2) is 0 Å². The summed E-state index contributed by atoms with van der Waals surface area (Å²) in [6.07, 6.45) is 4.28. The van der Waals surface area contributed by atoms with Gasteiger partial charge in [-0.15, -0.1) is 13.2 Å². The molecule has 10 nitrogen and oxygen atoms in total. The number of fused-ring (bicyclic) bond motifs is 1. The lowest BCUT2D eigenvalue weighted by Gasteiger charge is -2.40. The van der Waals surface area contributed by atoms with E-state index in [1.54, 1.807) is 17.1 Å². The Morgan fingerprint density at radius 3 is 2.58 bits per heavy atom. The highest BCUT2D eigenvalue weighted by molar-refractivity contribution is 5.99. The van der Waals surface area contributed by atoms with Crippen LogP contribution in [0.4, 0.5) is 0 Å². The van der Waals surface area contributed by atoms with Crippen molar-refractivity contribution in [2.75, 3.05) is 59.2 Å². The summed E-state index contributed by atoms with van der Waals surface area (Å²) in [6, 6.07) is 7.38. The molecule has 10 heteroatoms. The molecule has 3 unspecified atom stereocenters. The summed E-state index contributed by atoms with van der Waals surface area (Å²) < 4.78 is 18.0. The van der Waals surface area contributed by atoms with Gasteiger partial charge in [-0.3, -0.25) is 19.3 Å². The van der Waals surface area contributed by atoms with Crippen molar-refractivity contribution in [3.63, 3.8) is 0 Å². The molecule has 5 rings (SSSR count). The number of esters is 1. The molecule has 4 saturated heterocycles. The highest BCUT2D eigenvalue weighted by Gasteiger charge is 2.80. The van der Waals surface area contributed by atoms with Crippen LogP contribution in [0.2, 0.25) is 0 Å². The van der Waals surface area contributed by atoms with E-state index in [1.807, 2.05) is 44.2 Å². The van der Waals surface area contributed by atoms with Gasteiger partial charge in [0.25, 0.3) is 0 Å². The molecular formula is C33H45N3O7. The zero-order valence-corrected chi connectivity index (χ0v) is 25.4. The molecule has 234 valence electrons. The van der Waals surface area contributed by atoms with Crippen LogP contribution >= 0.6 is 0 Å². The van der Waals surface area contributed by atoms with Gasteiger partial charge in [0, 0.05) is 32.7 Å². The molecule has 1 spiro atoms. The molecule has 7 atom stereocenters. The number of hydrogen-bond acceptors (Lipinski definition) is 8. The van der Waals surface area contributed by atoms with Crippen molar-refractivity contribution >= 4 is 17.8 Å². The summed E-state index contributed by atoms with van der Waals surface area (Å²) in [5, 5.41) is 10.7. The van der Waals surface area contributed by atoms with Crippen molar-refractivity contribution in [2.24, 2.45) is 17.8 Å². The Kier molecular flexibility index (Phi) is 9.41. The largest absolute Gasteiger partial charge is 0.465 e. The lowest BCUT2D eigenvalue weighted by atomic mass is 9.62. The van der Waals surface area contributed by atoms with Crippen molar-refractivity contribution in [3.05, 3.63) is 61.2 Å². The average Bonchev–Trinajstić information content (AvgIpc) is 3.53. The topological polar surface area (TPSA) is 109 Å². The zero-order valence-electron chi connectivity index (χ0n) is 25.4. The van der Waals surface area contributed by atoms with Gasteiger partial charge in [-0.1, -0.05) is 49.4 Å². The number of amides is 2. The van der Waals surface area contributed by atoms with E-state index in [0.29, 0.717) is 44.7 Å². The number of ether oxygens (including phenoxy) is 3. The second kappa shape index (κ2) is 12.9. The monoisotopic (exact) mass is 595 g/mol. The number of morpholine rings is 1. The molecule has 1 aromatic rings. The standard InChI is InChI=1S/C33H45N3O7/c1-5-7-18-42-31(40)27-26-29(38)36(25(22-37)24-11-9-8-10-12-24)28(33(26)21-23(3)32(27,4)43-33)30(39)35(13-6-2)15-14-34-16-19-41-20-17-34/h5-6,8-12,23,25-28,37H,1-2,7,13-22H2,3-4H3/t23?,25-,26+,27-,28?,32+,33?/m1/s1. The van der Waals surface area contributed by atoms with Crippen LogP contribution in [0.1, 0.15) is 38.3 Å². The predicted molar refractivity (Wildman–Crippen MR) is 160 cm³/mol. The maximum Gasteiger partial charge on any atom is 0.312 e. The van der Waals surface area contributed by atoms with Gasteiger partial charge in [-0.2, -0.15) is 0 Å². The van der Waals surface area contributed by atoms with Crippen LogP contribution < -0.4 is 0 Å². The van der Waals surface area contributed by atoms with Crippen LogP contribution in [0.3, 0.4) is 0 Å². The van der Waals surface area contributed by atoms with Crippen LogP contribution in [-0.2, 0) is 28.6 Å². The summed E-state index contributed by atoms with van der Waals surface area (Å²) in [7, 11) is 0. The van der Waals surface area contributed by atoms with Crippen LogP contribution in [0.15, 0.2) is 55.6 Å². The Balaban J connectivity index is 1.56. The summed E-state index contributed by atoms with van der Waals surface area (Å²) in [5.41, 5.74) is -1.52. The third-order valence-electron chi connectivity index (χ3n) is 9.95. The fourth-order valence-electron chi connectivity index (χ4n) is 7.72. The number of rotatable bonds is 13. The number of hydrogen-bond donors (Lipinski definition) is 1.